The van der Waals surface area contributed by atoms with Gasteiger partial charge in [-0.05, 0) is 36.9 Å². The molecule has 0 aromatic heterocycles. The van der Waals surface area contributed by atoms with Crippen molar-refractivity contribution in [2.45, 2.75) is 45.1 Å². The van der Waals surface area contributed by atoms with Gasteiger partial charge >= 0.3 is 0 Å². The van der Waals surface area contributed by atoms with Crippen LogP contribution < -0.4 is 5.32 Å². The molecule has 0 radical (unpaired) electrons. The van der Waals surface area contributed by atoms with Gasteiger partial charge in [0.15, 0.2) is 0 Å². The highest BCUT2D eigenvalue weighted by atomic mass is 16.5. The molecule has 1 aromatic rings. The first-order valence-electron chi connectivity index (χ1n) is 7.80. The minimum absolute atomic E-state index is 0.368. The van der Waals surface area contributed by atoms with Crippen LogP contribution in [0.2, 0.25) is 0 Å². The van der Waals surface area contributed by atoms with E-state index in [1.807, 2.05) is 6.26 Å². The lowest BCUT2D eigenvalue weighted by molar-refractivity contribution is 0.215. The molecule has 2 heteroatoms. The second kappa shape index (κ2) is 7.49. The van der Waals surface area contributed by atoms with Crippen molar-refractivity contribution in [1.29, 1.82) is 0 Å². The van der Waals surface area contributed by atoms with E-state index in [2.05, 4.69) is 56.5 Å². The van der Waals surface area contributed by atoms with Gasteiger partial charge in [-0.3, -0.25) is 0 Å². The zero-order valence-electron chi connectivity index (χ0n) is 12.9. The molecule has 20 heavy (non-hydrogen) atoms. The summed E-state index contributed by atoms with van der Waals surface area (Å²) in [5.41, 5.74) is 2.83. The van der Waals surface area contributed by atoms with Crippen LogP contribution in [0, 0.1) is 5.92 Å². The molecule has 1 heterocycles. The fraction of sp³-hybridized carbons (Fsp3) is 0.556. The van der Waals surface area contributed by atoms with Gasteiger partial charge in [0, 0.05) is 12.0 Å². The Morgan fingerprint density at radius 3 is 2.55 bits per heavy atom. The van der Waals surface area contributed by atoms with E-state index in [0.29, 0.717) is 17.9 Å². The highest BCUT2D eigenvalue weighted by Crippen LogP contribution is 2.35. The smallest absolute Gasteiger partial charge is 0.0876 e. The molecule has 0 spiro atoms. The Morgan fingerprint density at radius 2 is 2.00 bits per heavy atom. The SMILES string of the molecule is CCC(C)C(c1ccccc1)C(NC)C1=COCCC1. The van der Waals surface area contributed by atoms with Gasteiger partial charge in [-0.1, -0.05) is 50.6 Å². The van der Waals surface area contributed by atoms with Crippen LogP contribution in [0.5, 0.6) is 0 Å². The van der Waals surface area contributed by atoms with Gasteiger partial charge in [0.1, 0.15) is 0 Å². The molecule has 1 aliphatic heterocycles. The van der Waals surface area contributed by atoms with Crippen LogP contribution in [0.15, 0.2) is 42.2 Å². The maximum atomic E-state index is 5.56. The number of nitrogens with one attached hydrogen (secondary N) is 1. The predicted molar refractivity (Wildman–Crippen MR) is 84.8 cm³/mol. The van der Waals surface area contributed by atoms with E-state index >= 15 is 0 Å². The molecule has 0 saturated carbocycles. The van der Waals surface area contributed by atoms with Crippen molar-refractivity contribution in [3.8, 4) is 0 Å². The van der Waals surface area contributed by atoms with Crippen LogP contribution in [-0.4, -0.2) is 19.7 Å². The Hall–Kier alpha value is -1.28. The van der Waals surface area contributed by atoms with E-state index in [1.165, 1.54) is 17.6 Å². The predicted octanol–water partition coefficient (Wildman–Crippen LogP) is 4.10. The fourth-order valence-electron chi connectivity index (χ4n) is 3.19. The molecule has 0 fully saturated rings. The minimum Gasteiger partial charge on any atom is -0.501 e. The monoisotopic (exact) mass is 273 g/mol. The molecule has 0 saturated heterocycles. The normalized spacial score (nSPS) is 19.6. The molecule has 2 nitrogen and oxygen atoms in total. The summed E-state index contributed by atoms with van der Waals surface area (Å²) in [6, 6.07) is 11.3. The summed E-state index contributed by atoms with van der Waals surface area (Å²) in [6.45, 7) is 5.49. The zero-order valence-corrected chi connectivity index (χ0v) is 12.9. The zero-order chi connectivity index (χ0) is 14.4. The Bertz CT molecular complexity index is 426. The van der Waals surface area contributed by atoms with E-state index < -0.39 is 0 Å². The van der Waals surface area contributed by atoms with Crippen molar-refractivity contribution in [2.24, 2.45) is 5.92 Å². The van der Waals surface area contributed by atoms with Crippen LogP contribution in [0.25, 0.3) is 0 Å². The number of hydrogen-bond donors (Lipinski definition) is 1. The second-order valence-corrected chi connectivity index (χ2v) is 5.76. The second-order valence-electron chi connectivity index (χ2n) is 5.76. The lowest BCUT2D eigenvalue weighted by atomic mass is 9.77. The van der Waals surface area contributed by atoms with Gasteiger partial charge in [0.05, 0.1) is 12.9 Å². The summed E-state index contributed by atoms with van der Waals surface area (Å²) in [5.74, 6) is 1.14. The van der Waals surface area contributed by atoms with Crippen LogP contribution >= 0.6 is 0 Å². The summed E-state index contributed by atoms with van der Waals surface area (Å²) in [7, 11) is 2.07. The van der Waals surface area contributed by atoms with Crippen molar-refractivity contribution in [2.75, 3.05) is 13.7 Å². The highest BCUT2D eigenvalue weighted by Gasteiger charge is 2.29. The quantitative estimate of drug-likeness (QED) is 0.842. The van der Waals surface area contributed by atoms with Crippen molar-refractivity contribution in [3.63, 3.8) is 0 Å². The summed E-state index contributed by atoms with van der Waals surface area (Å²) >= 11 is 0. The van der Waals surface area contributed by atoms with Crippen LogP contribution in [-0.2, 0) is 4.74 Å². The molecule has 2 rings (SSSR count). The van der Waals surface area contributed by atoms with E-state index in [-0.39, 0.29) is 0 Å². The van der Waals surface area contributed by atoms with Crippen LogP contribution in [0.4, 0.5) is 0 Å². The van der Waals surface area contributed by atoms with Gasteiger partial charge in [-0.25, -0.2) is 0 Å². The van der Waals surface area contributed by atoms with Crippen molar-refractivity contribution in [1.82, 2.24) is 5.32 Å². The Labute approximate surface area is 123 Å². The number of hydrogen-bond acceptors (Lipinski definition) is 2. The number of rotatable bonds is 6. The number of benzene rings is 1. The first-order valence-corrected chi connectivity index (χ1v) is 7.80. The molecule has 0 bridgehead atoms. The Balaban J connectivity index is 2.31. The maximum absolute atomic E-state index is 5.56. The van der Waals surface area contributed by atoms with Gasteiger partial charge < -0.3 is 10.1 Å². The molecule has 0 amide bonds. The summed E-state index contributed by atoms with van der Waals surface area (Å²) < 4.78 is 5.56. The first kappa shape index (κ1) is 15.1. The number of likely N-dealkylation sites (N-methyl/N-ethyl adjacent to an activating group) is 1. The van der Waals surface area contributed by atoms with Gasteiger partial charge in [0.25, 0.3) is 0 Å². The van der Waals surface area contributed by atoms with E-state index in [0.717, 1.165) is 19.4 Å². The minimum atomic E-state index is 0.368. The first-order chi connectivity index (χ1) is 9.77. The average molecular weight is 273 g/mol. The lowest BCUT2D eigenvalue weighted by Crippen LogP contribution is -2.38. The third-order valence-electron chi connectivity index (χ3n) is 4.47. The molecule has 1 N–H and O–H groups in total. The molecule has 3 unspecified atom stereocenters. The van der Waals surface area contributed by atoms with E-state index in [4.69, 9.17) is 4.74 Å². The third kappa shape index (κ3) is 3.43. The topological polar surface area (TPSA) is 21.3 Å². The summed E-state index contributed by atoms with van der Waals surface area (Å²) in [4.78, 5) is 0. The average Bonchev–Trinajstić information content (AvgIpc) is 2.53. The summed E-state index contributed by atoms with van der Waals surface area (Å²) in [6.07, 6.45) is 5.45. The standard InChI is InChI=1S/C18H27NO/c1-4-14(2)17(15-9-6-5-7-10-15)18(19-3)16-11-8-12-20-13-16/h5-7,9-10,13-14,17-19H,4,8,11-12H2,1-3H3. The van der Waals surface area contributed by atoms with Crippen molar-refractivity contribution in [3.05, 3.63) is 47.7 Å². The fourth-order valence-corrected chi connectivity index (χ4v) is 3.19. The van der Waals surface area contributed by atoms with E-state index in [1.54, 1.807) is 0 Å². The van der Waals surface area contributed by atoms with Gasteiger partial charge in [0.2, 0.25) is 0 Å². The Kier molecular flexibility index (Phi) is 5.66. The Morgan fingerprint density at radius 1 is 1.25 bits per heavy atom. The molecular weight excluding hydrogens is 246 g/mol. The van der Waals surface area contributed by atoms with Gasteiger partial charge in [-0.2, -0.15) is 0 Å². The van der Waals surface area contributed by atoms with Crippen molar-refractivity contribution < 1.29 is 4.74 Å². The molecule has 110 valence electrons. The highest BCUT2D eigenvalue weighted by molar-refractivity contribution is 5.27. The summed E-state index contributed by atoms with van der Waals surface area (Å²) in [5, 5.41) is 3.54. The number of ether oxygens (including phenoxy) is 1. The largest absolute Gasteiger partial charge is 0.501 e. The molecule has 0 aliphatic carbocycles. The van der Waals surface area contributed by atoms with E-state index in [9.17, 15) is 0 Å². The van der Waals surface area contributed by atoms with Crippen molar-refractivity contribution >= 4 is 0 Å². The maximum Gasteiger partial charge on any atom is 0.0876 e. The van der Waals surface area contributed by atoms with Crippen LogP contribution in [0.3, 0.4) is 0 Å². The molecule has 1 aromatic carbocycles. The molecule has 3 atom stereocenters. The van der Waals surface area contributed by atoms with Gasteiger partial charge in [-0.15, -0.1) is 0 Å². The lowest BCUT2D eigenvalue weighted by Gasteiger charge is -2.34. The van der Waals surface area contributed by atoms with Crippen LogP contribution in [0.1, 0.15) is 44.6 Å². The molecular formula is C18H27NO. The third-order valence-corrected chi connectivity index (χ3v) is 4.47. The molecule has 1 aliphatic rings.